The second-order valence-electron chi connectivity index (χ2n) is 9.82. The lowest BCUT2D eigenvalue weighted by atomic mass is 9.86. The number of esters is 1. The minimum absolute atomic E-state index is 0.157. The quantitative estimate of drug-likeness (QED) is 0.0738. The van der Waals surface area contributed by atoms with E-state index in [0.29, 0.717) is 25.4 Å². The molecule has 4 nitrogen and oxygen atoms in total. The van der Waals surface area contributed by atoms with Gasteiger partial charge in [0, 0.05) is 6.42 Å². The fourth-order valence-electron chi connectivity index (χ4n) is 5.04. The van der Waals surface area contributed by atoms with Crippen LogP contribution < -0.4 is 9.47 Å². The molecule has 0 aliphatic carbocycles. The van der Waals surface area contributed by atoms with Crippen LogP contribution in [0.2, 0.25) is 0 Å². The molecule has 0 bridgehead atoms. The lowest BCUT2D eigenvalue weighted by molar-refractivity contribution is -0.143. The number of rotatable bonds is 11. The third-order valence-electron chi connectivity index (χ3n) is 6.87. The van der Waals surface area contributed by atoms with Gasteiger partial charge in [0.1, 0.15) is 11.5 Å². The van der Waals surface area contributed by atoms with E-state index in [1.54, 1.807) is 6.92 Å². The Morgan fingerprint density at radius 3 is 1.55 bits per heavy atom. The van der Waals surface area contributed by atoms with Crippen molar-refractivity contribution in [1.82, 2.24) is 0 Å². The summed E-state index contributed by atoms with van der Waals surface area (Å²) in [5, 5.41) is 4.81. The minimum atomic E-state index is -0.157. The van der Waals surface area contributed by atoms with Crippen molar-refractivity contribution in [1.29, 1.82) is 0 Å². The lowest BCUT2D eigenvalue weighted by Crippen LogP contribution is -2.05. The first-order chi connectivity index (χ1) is 19.5. The zero-order valence-corrected chi connectivity index (χ0v) is 23.1. The molecule has 0 heterocycles. The second-order valence-corrected chi connectivity index (χ2v) is 9.82. The predicted octanol–water partition coefficient (Wildman–Crippen LogP) is 9.35. The number of fused-ring (bicyclic) bond motifs is 2. The number of unbranched alkanes of at least 4 members (excludes halogenated alkanes) is 1. The Morgan fingerprint density at radius 1 is 0.650 bits per heavy atom. The van der Waals surface area contributed by atoms with Crippen LogP contribution in [0, 0.1) is 0 Å². The largest absolute Gasteiger partial charge is 0.494 e. The molecule has 5 aromatic rings. The van der Waals surface area contributed by atoms with E-state index in [-0.39, 0.29) is 5.97 Å². The zero-order valence-electron chi connectivity index (χ0n) is 23.1. The summed E-state index contributed by atoms with van der Waals surface area (Å²) in [6.07, 6.45) is 2.03. The van der Waals surface area contributed by atoms with E-state index in [0.717, 1.165) is 35.5 Å². The molecule has 4 heteroatoms. The van der Waals surface area contributed by atoms with Gasteiger partial charge in [0.25, 0.3) is 0 Å². The maximum atomic E-state index is 11.3. The second kappa shape index (κ2) is 12.5. The maximum absolute atomic E-state index is 11.3. The fourth-order valence-corrected chi connectivity index (χ4v) is 5.04. The first-order valence-electron chi connectivity index (χ1n) is 13.8. The van der Waals surface area contributed by atoms with Crippen molar-refractivity contribution in [2.45, 2.75) is 33.1 Å². The van der Waals surface area contributed by atoms with Gasteiger partial charge in [-0.25, -0.2) is 0 Å². The summed E-state index contributed by atoms with van der Waals surface area (Å²) in [4.78, 5) is 11.3. The summed E-state index contributed by atoms with van der Waals surface area (Å²) in [7, 11) is 0. The van der Waals surface area contributed by atoms with E-state index >= 15 is 0 Å². The molecule has 0 N–H and O–H groups in total. The molecule has 40 heavy (non-hydrogen) atoms. The van der Waals surface area contributed by atoms with Gasteiger partial charge in [-0.2, -0.15) is 0 Å². The van der Waals surface area contributed by atoms with Crippen molar-refractivity contribution in [3.63, 3.8) is 0 Å². The maximum Gasteiger partial charge on any atom is 0.305 e. The summed E-state index contributed by atoms with van der Waals surface area (Å²) in [6, 6.07) is 33.8. The van der Waals surface area contributed by atoms with Crippen LogP contribution in [0.4, 0.5) is 0 Å². The standard InChI is InChI=1S/C36H34O4/c1-4-34(37)39-24-10-9-23-38-28-19-15-26(16-20-28)35-30-11-5-7-13-32(30)36(33-14-8-6-12-31(33)35)27-17-21-29(22-18-27)40-25(2)3/h5-8,11-22H,2,4,9-10,23-24H2,1,3H3. The third kappa shape index (κ3) is 6.02. The Morgan fingerprint density at radius 2 is 1.10 bits per heavy atom. The van der Waals surface area contributed by atoms with Crippen LogP contribution in [0.25, 0.3) is 43.8 Å². The Hall–Kier alpha value is -4.57. The van der Waals surface area contributed by atoms with E-state index in [9.17, 15) is 4.79 Å². The van der Waals surface area contributed by atoms with Crippen molar-refractivity contribution in [2.75, 3.05) is 13.2 Å². The first-order valence-corrected chi connectivity index (χ1v) is 13.8. The molecule has 5 aromatic carbocycles. The summed E-state index contributed by atoms with van der Waals surface area (Å²) >= 11 is 0. The molecular formula is C36H34O4. The summed E-state index contributed by atoms with van der Waals surface area (Å²) < 4.78 is 16.8. The highest BCUT2D eigenvalue weighted by Crippen LogP contribution is 2.44. The molecule has 202 valence electrons. The average molecular weight is 531 g/mol. The highest BCUT2D eigenvalue weighted by atomic mass is 16.5. The van der Waals surface area contributed by atoms with Crippen LogP contribution in [-0.2, 0) is 9.53 Å². The Labute approximate surface area is 235 Å². The summed E-state index contributed by atoms with van der Waals surface area (Å²) in [5.74, 6) is 2.12. The molecule has 0 aromatic heterocycles. The molecule has 0 unspecified atom stereocenters. The average Bonchev–Trinajstić information content (AvgIpc) is 2.98. The fraction of sp³-hybridized carbons (Fsp3) is 0.194. The Bertz CT molecular complexity index is 1580. The number of carbonyl (C=O) groups excluding carboxylic acids is 1. The van der Waals surface area contributed by atoms with Gasteiger partial charge in [-0.15, -0.1) is 0 Å². The molecule has 0 saturated carbocycles. The molecule has 0 radical (unpaired) electrons. The molecule has 0 saturated heterocycles. The van der Waals surface area contributed by atoms with Gasteiger partial charge in [-0.3, -0.25) is 4.79 Å². The van der Waals surface area contributed by atoms with Crippen LogP contribution in [0.3, 0.4) is 0 Å². The highest BCUT2D eigenvalue weighted by Gasteiger charge is 2.16. The monoisotopic (exact) mass is 530 g/mol. The van der Waals surface area contributed by atoms with Gasteiger partial charge >= 0.3 is 5.97 Å². The Kier molecular flexibility index (Phi) is 8.46. The number of ether oxygens (including phenoxy) is 3. The van der Waals surface area contributed by atoms with E-state index in [2.05, 4.69) is 79.4 Å². The number of carbonyl (C=O) groups is 1. The van der Waals surface area contributed by atoms with Gasteiger partial charge in [0.05, 0.1) is 19.0 Å². The van der Waals surface area contributed by atoms with Crippen LogP contribution >= 0.6 is 0 Å². The van der Waals surface area contributed by atoms with E-state index in [4.69, 9.17) is 14.2 Å². The van der Waals surface area contributed by atoms with Crippen LogP contribution in [-0.4, -0.2) is 19.2 Å². The van der Waals surface area contributed by atoms with Crippen LogP contribution in [0.1, 0.15) is 33.1 Å². The number of hydrogen-bond donors (Lipinski definition) is 0. The van der Waals surface area contributed by atoms with E-state index < -0.39 is 0 Å². The van der Waals surface area contributed by atoms with E-state index in [1.165, 1.54) is 32.7 Å². The first kappa shape index (κ1) is 27.0. The number of hydrogen-bond acceptors (Lipinski definition) is 4. The molecule has 0 aliphatic heterocycles. The molecule has 5 rings (SSSR count). The number of allylic oxidation sites excluding steroid dienone is 1. The van der Waals surface area contributed by atoms with Crippen molar-refractivity contribution in [2.24, 2.45) is 0 Å². The summed E-state index contributed by atoms with van der Waals surface area (Å²) in [5.41, 5.74) is 4.70. The van der Waals surface area contributed by atoms with Crippen molar-refractivity contribution in [3.05, 3.63) is 109 Å². The van der Waals surface area contributed by atoms with Gasteiger partial charge in [-0.1, -0.05) is 86.3 Å². The SMILES string of the molecule is C=C(C)Oc1ccc(-c2c3ccccc3c(-c3ccc(OCCCCOC(=O)CC)cc3)c3ccccc23)cc1. The predicted molar refractivity (Wildman–Crippen MR) is 164 cm³/mol. The van der Waals surface area contributed by atoms with Crippen LogP contribution in [0.5, 0.6) is 11.5 Å². The third-order valence-corrected chi connectivity index (χ3v) is 6.87. The Balaban J connectivity index is 1.46. The minimum Gasteiger partial charge on any atom is -0.494 e. The zero-order chi connectivity index (χ0) is 27.9. The number of benzene rings is 5. The topological polar surface area (TPSA) is 44.8 Å². The molecule has 0 aliphatic rings. The highest BCUT2D eigenvalue weighted by molar-refractivity contribution is 6.21. The molecule has 0 atom stereocenters. The molecule has 0 amide bonds. The molecular weight excluding hydrogens is 496 g/mol. The van der Waals surface area contributed by atoms with Gasteiger partial charge in [0.15, 0.2) is 0 Å². The van der Waals surface area contributed by atoms with Crippen molar-refractivity contribution in [3.8, 4) is 33.8 Å². The summed E-state index contributed by atoms with van der Waals surface area (Å²) in [6.45, 7) is 8.52. The van der Waals surface area contributed by atoms with Crippen molar-refractivity contribution >= 4 is 27.5 Å². The molecule has 0 fully saturated rings. The van der Waals surface area contributed by atoms with Crippen molar-refractivity contribution < 1.29 is 19.0 Å². The van der Waals surface area contributed by atoms with Crippen LogP contribution in [0.15, 0.2) is 109 Å². The molecule has 0 spiro atoms. The van der Waals surface area contributed by atoms with Gasteiger partial charge in [-0.05, 0) is 87.8 Å². The normalized spacial score (nSPS) is 10.9. The van der Waals surface area contributed by atoms with Gasteiger partial charge < -0.3 is 14.2 Å². The smallest absolute Gasteiger partial charge is 0.305 e. The van der Waals surface area contributed by atoms with E-state index in [1.807, 2.05) is 31.2 Å². The lowest BCUT2D eigenvalue weighted by Gasteiger charge is -2.18. The van der Waals surface area contributed by atoms with Gasteiger partial charge in [0.2, 0.25) is 0 Å².